The molecule has 0 spiro atoms. The number of nitrogens with zero attached hydrogens (tertiary/aromatic N) is 6. The molecule has 0 radical (unpaired) electrons. The van der Waals surface area contributed by atoms with Gasteiger partial charge in [0.1, 0.15) is 11.4 Å². The van der Waals surface area contributed by atoms with Crippen LogP contribution in [0, 0.1) is 13.8 Å². The summed E-state index contributed by atoms with van der Waals surface area (Å²) in [6.45, 7) is 10.7. The van der Waals surface area contributed by atoms with E-state index in [9.17, 15) is 13.6 Å². The normalized spacial score (nSPS) is 23.9. The molecule has 3 fully saturated rings. The number of hydrogen-bond acceptors (Lipinski definition) is 7. The second-order valence-electron chi connectivity index (χ2n) is 11.3. The largest absolute Gasteiger partial charge is 0.444 e. The van der Waals surface area contributed by atoms with Crippen LogP contribution in [0.15, 0.2) is 12.1 Å². The minimum Gasteiger partial charge on any atom is -0.444 e. The molecule has 11 heteroatoms. The van der Waals surface area contributed by atoms with Crippen LogP contribution in [0.1, 0.15) is 64.3 Å². The van der Waals surface area contributed by atoms with Crippen LogP contribution >= 0.6 is 0 Å². The van der Waals surface area contributed by atoms with Gasteiger partial charge in [-0.3, -0.25) is 0 Å². The summed E-state index contributed by atoms with van der Waals surface area (Å²) in [6, 6.07) is 3.96. The Morgan fingerprint density at radius 3 is 2.36 bits per heavy atom. The van der Waals surface area contributed by atoms with Crippen LogP contribution in [0.5, 0.6) is 0 Å². The third-order valence-electron chi connectivity index (χ3n) is 7.14. The molecule has 4 heterocycles. The van der Waals surface area contributed by atoms with Gasteiger partial charge in [0, 0.05) is 43.7 Å². The number of ether oxygens (including phenoxy) is 1. The Kier molecular flexibility index (Phi) is 6.07. The zero-order chi connectivity index (χ0) is 25.8. The zero-order valence-electron chi connectivity index (χ0n) is 21.6. The predicted molar refractivity (Wildman–Crippen MR) is 132 cm³/mol. The first-order valence-electron chi connectivity index (χ1n) is 12.7. The molecule has 1 saturated carbocycles. The lowest BCUT2D eigenvalue weighted by Gasteiger charge is -2.36. The molecule has 2 aromatic rings. The smallest absolute Gasteiger partial charge is 0.410 e. The van der Waals surface area contributed by atoms with E-state index >= 15 is 0 Å². The quantitative estimate of drug-likeness (QED) is 0.659. The molecule has 0 aromatic carbocycles. The zero-order valence-corrected chi connectivity index (χ0v) is 21.6. The van der Waals surface area contributed by atoms with Crippen molar-refractivity contribution in [2.24, 2.45) is 0 Å². The van der Waals surface area contributed by atoms with Gasteiger partial charge in [0.25, 0.3) is 0 Å². The van der Waals surface area contributed by atoms with E-state index in [1.165, 1.54) is 0 Å². The Bertz CT molecular complexity index is 1140. The van der Waals surface area contributed by atoms with Crippen LogP contribution in [0.25, 0.3) is 5.82 Å². The molecule has 1 amide bonds. The third kappa shape index (κ3) is 5.10. The first-order chi connectivity index (χ1) is 16.9. The second kappa shape index (κ2) is 8.85. The molecule has 9 nitrogen and oxygen atoms in total. The fourth-order valence-corrected chi connectivity index (χ4v) is 5.46. The molecule has 3 aliphatic rings. The molecular weight excluding hydrogens is 468 g/mol. The van der Waals surface area contributed by atoms with E-state index < -0.39 is 11.5 Å². The molecule has 2 aliphatic heterocycles. The van der Waals surface area contributed by atoms with Crippen LogP contribution in [0.3, 0.4) is 0 Å². The van der Waals surface area contributed by atoms with Crippen LogP contribution < -0.4 is 10.2 Å². The number of anilines is 2. The van der Waals surface area contributed by atoms with Crippen LogP contribution in [0.4, 0.5) is 25.3 Å². The lowest BCUT2D eigenvalue weighted by molar-refractivity contribution is -0.0361. The highest BCUT2D eigenvalue weighted by atomic mass is 19.3. The Labute approximate surface area is 210 Å². The molecule has 36 heavy (non-hydrogen) atoms. The highest BCUT2D eigenvalue weighted by Gasteiger charge is 2.47. The molecule has 2 saturated heterocycles. The maximum absolute atomic E-state index is 13.7. The number of carbonyl (C=O) groups is 1. The Hall–Kier alpha value is -2.98. The van der Waals surface area contributed by atoms with Crippen molar-refractivity contribution in [3.8, 4) is 5.82 Å². The van der Waals surface area contributed by atoms with Crippen LogP contribution in [0.2, 0.25) is 0 Å². The SMILES string of the molecule is Cc1cc(C)n(-c2cc(N3CC4CC3CN4C(=O)OC(C)(C)C)nc(NC3CCC(F)(F)CC3)n2)n1. The van der Waals surface area contributed by atoms with E-state index in [0.717, 1.165) is 23.6 Å². The first kappa shape index (κ1) is 24.7. The first-order valence-corrected chi connectivity index (χ1v) is 12.7. The number of amides is 1. The molecule has 1 N–H and O–H groups in total. The molecule has 196 valence electrons. The number of rotatable bonds is 4. The van der Waals surface area contributed by atoms with Crippen molar-refractivity contribution >= 4 is 17.9 Å². The summed E-state index contributed by atoms with van der Waals surface area (Å²) in [5, 5.41) is 7.89. The van der Waals surface area contributed by atoms with Crippen LogP contribution in [-0.4, -0.2) is 73.5 Å². The Morgan fingerprint density at radius 1 is 1.08 bits per heavy atom. The van der Waals surface area contributed by atoms with Crippen molar-refractivity contribution in [3.63, 3.8) is 0 Å². The fraction of sp³-hybridized carbons (Fsp3) is 0.680. The highest BCUT2D eigenvalue weighted by Crippen LogP contribution is 2.37. The number of nitrogens with one attached hydrogen (secondary N) is 1. The van der Waals surface area contributed by atoms with Gasteiger partial charge in [-0.15, -0.1) is 0 Å². The number of likely N-dealkylation sites (tertiary alicyclic amines) is 1. The molecule has 1 aliphatic carbocycles. The minimum atomic E-state index is -2.59. The van der Waals surface area contributed by atoms with Gasteiger partial charge >= 0.3 is 6.09 Å². The summed E-state index contributed by atoms with van der Waals surface area (Å²) in [5.74, 6) is -0.810. The maximum Gasteiger partial charge on any atom is 0.410 e. The summed E-state index contributed by atoms with van der Waals surface area (Å²) in [4.78, 5) is 26.2. The number of aromatic nitrogens is 4. The van der Waals surface area contributed by atoms with Gasteiger partial charge in [0.15, 0.2) is 5.82 Å². The number of alkyl halides is 2. The second-order valence-corrected chi connectivity index (χ2v) is 11.3. The molecule has 2 bridgehead atoms. The minimum absolute atomic E-state index is 0.0499. The van der Waals surface area contributed by atoms with Crippen molar-refractivity contribution in [3.05, 3.63) is 23.5 Å². The molecule has 2 atom stereocenters. The molecule has 2 aromatic heterocycles. The number of aryl methyl sites for hydroxylation is 2. The summed E-state index contributed by atoms with van der Waals surface area (Å²) >= 11 is 0. The Morgan fingerprint density at radius 2 is 1.78 bits per heavy atom. The van der Waals surface area contributed by atoms with Crippen molar-refractivity contribution in [1.82, 2.24) is 24.6 Å². The number of hydrogen-bond donors (Lipinski definition) is 1. The van der Waals surface area contributed by atoms with E-state index in [0.29, 0.717) is 37.7 Å². The van der Waals surface area contributed by atoms with Crippen molar-refractivity contribution in [2.75, 3.05) is 23.3 Å². The predicted octanol–water partition coefficient (Wildman–Crippen LogP) is 4.47. The maximum atomic E-state index is 13.7. The average molecular weight is 504 g/mol. The van der Waals surface area contributed by atoms with Gasteiger partial charge in [0.05, 0.1) is 17.8 Å². The number of halogens is 2. The third-order valence-corrected chi connectivity index (χ3v) is 7.14. The van der Waals surface area contributed by atoms with Gasteiger partial charge in [0.2, 0.25) is 11.9 Å². The lowest BCUT2D eigenvalue weighted by Crippen LogP contribution is -2.50. The van der Waals surface area contributed by atoms with Gasteiger partial charge in [-0.25, -0.2) is 18.3 Å². The van der Waals surface area contributed by atoms with E-state index in [-0.39, 0.29) is 37.1 Å². The van der Waals surface area contributed by atoms with Gasteiger partial charge in [-0.05, 0) is 59.9 Å². The van der Waals surface area contributed by atoms with Crippen molar-refractivity contribution < 1.29 is 18.3 Å². The van der Waals surface area contributed by atoms with Gasteiger partial charge in [-0.1, -0.05) is 0 Å². The number of piperazine rings is 1. The monoisotopic (exact) mass is 503 g/mol. The average Bonchev–Trinajstić information content (AvgIpc) is 3.47. The number of carbonyl (C=O) groups excluding carboxylic acids is 1. The summed E-state index contributed by atoms with van der Waals surface area (Å²) in [6.07, 6.45) is 1.04. The highest BCUT2D eigenvalue weighted by molar-refractivity contribution is 5.70. The molecule has 2 unspecified atom stereocenters. The van der Waals surface area contributed by atoms with Crippen LogP contribution in [-0.2, 0) is 4.74 Å². The molecule has 5 rings (SSSR count). The van der Waals surface area contributed by atoms with E-state index in [1.54, 1.807) is 4.68 Å². The van der Waals surface area contributed by atoms with E-state index in [4.69, 9.17) is 14.7 Å². The van der Waals surface area contributed by atoms with E-state index in [1.807, 2.05) is 51.7 Å². The standard InChI is InChI=1S/C25H35F2N7O2/c1-15-10-16(2)34(31-15)21-12-20(29-22(30-21)28-17-6-8-25(26,27)9-7-17)32-13-19-11-18(32)14-33(19)23(35)36-24(3,4)5/h10,12,17-19H,6-9,11,13-14H2,1-5H3,(H,28,29,30). The van der Waals surface area contributed by atoms with Crippen molar-refractivity contribution in [1.29, 1.82) is 0 Å². The van der Waals surface area contributed by atoms with Gasteiger partial charge < -0.3 is 19.9 Å². The molecular formula is C25H35F2N7O2. The lowest BCUT2D eigenvalue weighted by atomic mass is 9.92. The summed E-state index contributed by atoms with van der Waals surface area (Å²) < 4.78 is 34.7. The van der Waals surface area contributed by atoms with Gasteiger partial charge in [-0.2, -0.15) is 15.1 Å². The Balaban J connectivity index is 1.39. The fourth-order valence-electron chi connectivity index (χ4n) is 5.46. The summed E-state index contributed by atoms with van der Waals surface area (Å²) in [7, 11) is 0. The summed E-state index contributed by atoms with van der Waals surface area (Å²) in [5.41, 5.74) is 1.29. The van der Waals surface area contributed by atoms with E-state index in [2.05, 4.69) is 15.3 Å². The number of fused-ring (bicyclic) bond motifs is 2. The topological polar surface area (TPSA) is 88.4 Å². The van der Waals surface area contributed by atoms with Crippen molar-refractivity contribution in [2.45, 2.75) is 96.4 Å².